The van der Waals surface area contributed by atoms with Crippen molar-refractivity contribution in [3.05, 3.63) is 35.5 Å². The number of nitrogens with zero attached hydrogens (tertiary/aromatic N) is 3. The van der Waals surface area contributed by atoms with Gasteiger partial charge >= 0.3 is 0 Å². The number of rotatable bonds is 3. The van der Waals surface area contributed by atoms with Crippen molar-refractivity contribution in [3.8, 4) is 11.5 Å². The number of carbonyl (C=O) groups excluding carboxylic acids is 1. The summed E-state index contributed by atoms with van der Waals surface area (Å²) in [5.41, 5.74) is 0.463. The van der Waals surface area contributed by atoms with Crippen LogP contribution in [0.1, 0.15) is 47.9 Å². The van der Waals surface area contributed by atoms with Crippen LogP contribution in [0.2, 0.25) is 0 Å². The maximum Gasteiger partial charge on any atom is 0.258 e. The topological polar surface area (TPSA) is 86.9 Å². The molecule has 0 spiro atoms. The summed E-state index contributed by atoms with van der Waals surface area (Å²) in [5, 5.41) is 8.17. The molecule has 0 N–H and O–H groups in total. The molecule has 1 unspecified atom stereocenters. The highest BCUT2D eigenvalue weighted by atomic mass is 16.7. The Kier molecular flexibility index (Phi) is 4.04. The van der Waals surface area contributed by atoms with Crippen molar-refractivity contribution in [1.29, 1.82) is 0 Å². The lowest BCUT2D eigenvalue weighted by Gasteiger charge is -2.33. The van der Waals surface area contributed by atoms with E-state index in [-0.39, 0.29) is 18.6 Å². The Morgan fingerprint density at radius 3 is 2.96 bits per heavy atom. The van der Waals surface area contributed by atoms with E-state index in [4.69, 9.17) is 18.6 Å². The molecule has 2 aliphatic heterocycles. The smallest absolute Gasteiger partial charge is 0.258 e. The molecule has 0 bridgehead atoms. The molecule has 2 aliphatic rings. The van der Waals surface area contributed by atoms with Crippen molar-refractivity contribution in [1.82, 2.24) is 15.1 Å². The lowest BCUT2D eigenvalue weighted by Crippen LogP contribution is -2.43. The summed E-state index contributed by atoms with van der Waals surface area (Å²) >= 11 is 0. The number of carbonyl (C=O) groups is 1. The Labute approximate surface area is 144 Å². The number of benzene rings is 1. The van der Waals surface area contributed by atoms with Gasteiger partial charge in [-0.15, -0.1) is 10.2 Å². The molecule has 1 fully saturated rings. The highest BCUT2D eigenvalue weighted by molar-refractivity contribution is 5.98. The number of ether oxygens (including phenoxy) is 3. The minimum absolute atomic E-state index is 0.119. The minimum Gasteiger partial charge on any atom is -0.454 e. The van der Waals surface area contributed by atoms with Crippen LogP contribution in [0.5, 0.6) is 11.5 Å². The zero-order valence-corrected chi connectivity index (χ0v) is 14.1. The number of aromatic nitrogens is 2. The van der Waals surface area contributed by atoms with Gasteiger partial charge in [-0.2, -0.15) is 0 Å². The normalized spacial score (nSPS) is 19.5. The molecule has 4 rings (SSSR count). The lowest BCUT2D eigenvalue weighted by atomic mass is 10.1. The summed E-state index contributed by atoms with van der Waals surface area (Å²) in [6.07, 6.45) is 0. The van der Waals surface area contributed by atoms with Crippen molar-refractivity contribution in [2.24, 2.45) is 0 Å². The van der Waals surface area contributed by atoms with Crippen LogP contribution in [0.3, 0.4) is 0 Å². The highest BCUT2D eigenvalue weighted by Crippen LogP contribution is 2.37. The van der Waals surface area contributed by atoms with Crippen LogP contribution in [0.25, 0.3) is 0 Å². The predicted molar refractivity (Wildman–Crippen MR) is 85.5 cm³/mol. The first-order chi connectivity index (χ1) is 12.1. The van der Waals surface area contributed by atoms with Gasteiger partial charge in [0.05, 0.1) is 18.8 Å². The molecule has 132 valence electrons. The first-order valence-electron chi connectivity index (χ1n) is 8.25. The van der Waals surface area contributed by atoms with Crippen molar-refractivity contribution in [3.63, 3.8) is 0 Å². The summed E-state index contributed by atoms with van der Waals surface area (Å²) in [5.74, 6) is 1.95. The summed E-state index contributed by atoms with van der Waals surface area (Å²) in [6.45, 7) is 5.28. The van der Waals surface area contributed by atoms with E-state index in [0.717, 1.165) is 0 Å². The van der Waals surface area contributed by atoms with Gasteiger partial charge in [0.2, 0.25) is 18.6 Å². The van der Waals surface area contributed by atoms with Gasteiger partial charge < -0.3 is 23.5 Å². The first kappa shape index (κ1) is 15.9. The number of para-hydroxylation sites is 1. The summed E-state index contributed by atoms with van der Waals surface area (Å²) in [6, 6.07) is 4.87. The molecular weight excluding hydrogens is 326 g/mol. The Morgan fingerprint density at radius 2 is 2.16 bits per heavy atom. The van der Waals surface area contributed by atoms with Crippen molar-refractivity contribution in [2.45, 2.75) is 25.8 Å². The van der Waals surface area contributed by atoms with Crippen LogP contribution in [0.4, 0.5) is 0 Å². The van der Waals surface area contributed by atoms with Gasteiger partial charge in [0.25, 0.3) is 5.91 Å². The Balaban J connectivity index is 1.65. The molecule has 1 amide bonds. The number of fused-ring (bicyclic) bond motifs is 1. The van der Waals surface area contributed by atoms with Crippen LogP contribution in [0.15, 0.2) is 22.6 Å². The standard InChI is InChI=1S/C17H19N3O5/c1-10(2)15-18-19-16(25-15)12-8-22-7-6-20(12)17(21)11-4-3-5-13-14(11)24-9-23-13/h3-5,10,12H,6-9H2,1-2H3. The van der Waals surface area contributed by atoms with Gasteiger partial charge in [-0.3, -0.25) is 4.79 Å². The van der Waals surface area contributed by atoms with Gasteiger partial charge in [0, 0.05) is 12.5 Å². The quantitative estimate of drug-likeness (QED) is 0.842. The average Bonchev–Trinajstić information content (AvgIpc) is 3.30. The van der Waals surface area contributed by atoms with E-state index in [0.29, 0.717) is 48.6 Å². The van der Waals surface area contributed by atoms with Gasteiger partial charge in [0.15, 0.2) is 11.5 Å². The highest BCUT2D eigenvalue weighted by Gasteiger charge is 2.35. The maximum absolute atomic E-state index is 13.1. The number of hydrogen-bond acceptors (Lipinski definition) is 7. The molecule has 3 heterocycles. The molecule has 1 aromatic heterocycles. The predicted octanol–water partition coefficient (Wildman–Crippen LogP) is 2.14. The second kappa shape index (κ2) is 6.36. The molecule has 25 heavy (non-hydrogen) atoms. The van der Waals surface area contributed by atoms with Gasteiger partial charge in [-0.1, -0.05) is 19.9 Å². The molecule has 8 nitrogen and oxygen atoms in total. The van der Waals surface area contributed by atoms with Crippen molar-refractivity contribution < 1.29 is 23.4 Å². The molecule has 0 radical (unpaired) electrons. The van der Waals surface area contributed by atoms with Crippen molar-refractivity contribution >= 4 is 5.91 Å². The van der Waals surface area contributed by atoms with Crippen molar-refractivity contribution in [2.75, 3.05) is 26.6 Å². The van der Waals surface area contributed by atoms with E-state index in [1.165, 1.54) is 0 Å². The average molecular weight is 345 g/mol. The monoisotopic (exact) mass is 345 g/mol. The summed E-state index contributed by atoms with van der Waals surface area (Å²) in [7, 11) is 0. The van der Waals surface area contributed by atoms with Crippen LogP contribution in [0, 0.1) is 0 Å². The van der Waals surface area contributed by atoms with E-state index >= 15 is 0 Å². The Morgan fingerprint density at radius 1 is 1.28 bits per heavy atom. The summed E-state index contributed by atoms with van der Waals surface area (Å²) in [4.78, 5) is 14.8. The Bertz CT molecular complexity index is 788. The first-order valence-corrected chi connectivity index (χ1v) is 8.25. The fourth-order valence-electron chi connectivity index (χ4n) is 2.92. The van der Waals surface area contributed by atoms with E-state index in [1.54, 1.807) is 23.1 Å². The molecule has 0 aliphatic carbocycles. The second-order valence-electron chi connectivity index (χ2n) is 6.26. The molecule has 0 saturated carbocycles. The van der Waals surface area contributed by atoms with Gasteiger partial charge in [0.1, 0.15) is 6.04 Å². The molecule has 8 heteroatoms. The fourth-order valence-corrected chi connectivity index (χ4v) is 2.92. The largest absolute Gasteiger partial charge is 0.454 e. The number of hydrogen-bond donors (Lipinski definition) is 0. The molecular formula is C17H19N3O5. The van der Waals surface area contributed by atoms with E-state index in [1.807, 2.05) is 13.8 Å². The third kappa shape index (κ3) is 2.82. The number of morpholine rings is 1. The van der Waals surface area contributed by atoms with E-state index < -0.39 is 6.04 Å². The van der Waals surface area contributed by atoms with Crippen LogP contribution in [-0.2, 0) is 4.74 Å². The zero-order valence-electron chi connectivity index (χ0n) is 14.1. The molecule has 1 atom stereocenters. The number of amides is 1. The molecule has 2 aromatic rings. The SMILES string of the molecule is CC(C)c1nnc(C2COCCN2C(=O)c2cccc3c2OCO3)o1. The second-order valence-corrected chi connectivity index (χ2v) is 6.26. The zero-order chi connectivity index (χ0) is 17.4. The molecule has 1 saturated heterocycles. The minimum atomic E-state index is -0.417. The lowest BCUT2D eigenvalue weighted by molar-refractivity contribution is -0.0109. The maximum atomic E-state index is 13.1. The van der Waals surface area contributed by atoms with Gasteiger partial charge in [-0.25, -0.2) is 0 Å². The third-order valence-corrected chi connectivity index (χ3v) is 4.25. The van der Waals surface area contributed by atoms with Gasteiger partial charge in [-0.05, 0) is 12.1 Å². The third-order valence-electron chi connectivity index (χ3n) is 4.25. The Hall–Kier alpha value is -2.61. The van der Waals surface area contributed by atoms with Crippen LogP contribution >= 0.6 is 0 Å². The van der Waals surface area contributed by atoms with E-state index in [2.05, 4.69) is 10.2 Å². The summed E-state index contributed by atoms with van der Waals surface area (Å²) < 4.78 is 22.1. The molecule has 1 aromatic carbocycles. The fraction of sp³-hybridized carbons (Fsp3) is 0.471. The van der Waals surface area contributed by atoms with Crippen LogP contribution < -0.4 is 9.47 Å². The van der Waals surface area contributed by atoms with Crippen LogP contribution in [-0.4, -0.2) is 47.6 Å². The van der Waals surface area contributed by atoms with E-state index in [9.17, 15) is 4.79 Å².